The number of benzene rings is 2. The molecule has 0 spiro atoms. The molecule has 0 aliphatic heterocycles. The highest BCUT2D eigenvalue weighted by Gasteiger charge is 2.31. The molecule has 0 N–H and O–H groups in total. The first-order chi connectivity index (χ1) is 10.0. The molecule has 21 heavy (non-hydrogen) atoms. The van der Waals surface area contributed by atoms with Crippen LogP contribution in [0.25, 0.3) is 10.8 Å². The maximum Gasteiger partial charge on any atom is 0.211 e. The van der Waals surface area contributed by atoms with Crippen molar-refractivity contribution in [1.29, 1.82) is 0 Å². The van der Waals surface area contributed by atoms with Crippen LogP contribution in [0.15, 0.2) is 42.5 Å². The predicted octanol–water partition coefficient (Wildman–Crippen LogP) is 3.67. The zero-order valence-corrected chi connectivity index (χ0v) is 12.2. The van der Waals surface area contributed by atoms with E-state index in [1.165, 1.54) is 0 Å². The number of nitro groups is 1. The third-order valence-corrected chi connectivity index (χ3v) is 3.96. The zero-order chi connectivity index (χ0) is 15.4. The molecule has 0 saturated heterocycles. The second kappa shape index (κ2) is 6.48. The number of aldehydes is 1. The summed E-state index contributed by atoms with van der Waals surface area (Å²) in [7, 11) is 0. The Morgan fingerprint density at radius 2 is 1.81 bits per heavy atom. The van der Waals surface area contributed by atoms with Crippen molar-refractivity contribution in [2.24, 2.45) is 11.8 Å². The minimum atomic E-state index is -0.399. The topological polar surface area (TPSA) is 60.2 Å². The smallest absolute Gasteiger partial charge is 0.211 e. The van der Waals surface area contributed by atoms with E-state index in [4.69, 9.17) is 0 Å². The van der Waals surface area contributed by atoms with E-state index in [1.54, 1.807) is 0 Å². The van der Waals surface area contributed by atoms with Crippen LogP contribution in [-0.2, 0) is 4.79 Å². The Labute approximate surface area is 123 Å². The second-order valence-corrected chi connectivity index (χ2v) is 5.65. The van der Waals surface area contributed by atoms with Gasteiger partial charge in [-0.2, -0.15) is 0 Å². The van der Waals surface area contributed by atoms with Crippen molar-refractivity contribution in [3.05, 3.63) is 58.1 Å². The summed E-state index contributed by atoms with van der Waals surface area (Å²) >= 11 is 0. The van der Waals surface area contributed by atoms with Gasteiger partial charge in [0.1, 0.15) is 6.29 Å². The van der Waals surface area contributed by atoms with Crippen LogP contribution in [0.2, 0.25) is 0 Å². The van der Waals surface area contributed by atoms with Gasteiger partial charge in [-0.15, -0.1) is 0 Å². The number of fused-ring (bicyclic) bond motifs is 1. The molecular formula is C17H19NO3. The average Bonchev–Trinajstić information content (AvgIpc) is 2.45. The van der Waals surface area contributed by atoms with Crippen LogP contribution in [0.4, 0.5) is 0 Å². The van der Waals surface area contributed by atoms with Gasteiger partial charge in [0.05, 0.1) is 5.92 Å². The van der Waals surface area contributed by atoms with Gasteiger partial charge >= 0.3 is 0 Å². The van der Waals surface area contributed by atoms with Gasteiger partial charge < -0.3 is 4.79 Å². The van der Waals surface area contributed by atoms with Crippen molar-refractivity contribution in [3.63, 3.8) is 0 Å². The molecule has 0 aliphatic carbocycles. The summed E-state index contributed by atoms with van der Waals surface area (Å²) in [6.07, 6.45) is 0.862. The van der Waals surface area contributed by atoms with Gasteiger partial charge in [0.2, 0.25) is 6.54 Å². The Morgan fingerprint density at radius 1 is 1.14 bits per heavy atom. The van der Waals surface area contributed by atoms with E-state index in [1.807, 2.05) is 56.3 Å². The molecule has 0 aromatic heterocycles. The molecule has 0 unspecified atom stereocenters. The van der Waals surface area contributed by atoms with Gasteiger partial charge in [0.15, 0.2) is 0 Å². The van der Waals surface area contributed by atoms with Crippen LogP contribution in [0, 0.1) is 22.0 Å². The van der Waals surface area contributed by atoms with Gasteiger partial charge in [-0.05, 0) is 22.3 Å². The highest BCUT2D eigenvalue weighted by Crippen LogP contribution is 2.33. The third kappa shape index (κ3) is 3.27. The predicted molar refractivity (Wildman–Crippen MR) is 82.9 cm³/mol. The number of hydrogen-bond acceptors (Lipinski definition) is 3. The summed E-state index contributed by atoms with van der Waals surface area (Å²) in [5.74, 6) is -0.698. The van der Waals surface area contributed by atoms with Crippen LogP contribution in [0.3, 0.4) is 0 Å². The van der Waals surface area contributed by atoms with Crippen LogP contribution in [0.5, 0.6) is 0 Å². The highest BCUT2D eigenvalue weighted by atomic mass is 16.6. The molecule has 0 fully saturated rings. The van der Waals surface area contributed by atoms with Crippen molar-refractivity contribution in [2.45, 2.75) is 19.8 Å². The largest absolute Gasteiger partial charge is 0.303 e. The molecule has 4 heteroatoms. The molecule has 0 amide bonds. The molecule has 0 heterocycles. The third-order valence-electron chi connectivity index (χ3n) is 3.96. The maximum absolute atomic E-state index is 11.5. The van der Waals surface area contributed by atoms with Gasteiger partial charge in [-0.1, -0.05) is 56.3 Å². The van der Waals surface area contributed by atoms with E-state index in [-0.39, 0.29) is 23.3 Å². The highest BCUT2D eigenvalue weighted by molar-refractivity contribution is 5.86. The number of rotatable bonds is 6. The lowest BCUT2D eigenvalue weighted by molar-refractivity contribution is -0.484. The number of carbonyl (C=O) groups excluding carboxylic acids is 1. The average molecular weight is 285 g/mol. The van der Waals surface area contributed by atoms with E-state index in [9.17, 15) is 14.9 Å². The Morgan fingerprint density at radius 3 is 2.43 bits per heavy atom. The Kier molecular flexibility index (Phi) is 4.68. The summed E-state index contributed by atoms with van der Waals surface area (Å²) < 4.78 is 0. The standard InChI is InChI=1S/C17H19NO3/c1-12(2)17(11-19)16(10-18(20)21)15-9-5-7-13-6-3-4-8-14(13)15/h3-9,11-12,16-17H,10H2,1-2H3/t16-,17-/m1/s1. The first-order valence-corrected chi connectivity index (χ1v) is 7.09. The molecule has 2 aromatic rings. The van der Waals surface area contributed by atoms with Gasteiger partial charge in [-0.3, -0.25) is 10.1 Å². The zero-order valence-electron chi connectivity index (χ0n) is 12.2. The summed E-state index contributed by atoms with van der Waals surface area (Å²) in [6, 6.07) is 13.6. The van der Waals surface area contributed by atoms with Crippen LogP contribution < -0.4 is 0 Å². The fraction of sp³-hybridized carbons (Fsp3) is 0.353. The summed E-state index contributed by atoms with van der Waals surface area (Å²) in [6.45, 7) is 3.63. The summed E-state index contributed by atoms with van der Waals surface area (Å²) in [4.78, 5) is 22.2. The normalized spacial score (nSPS) is 14.0. The van der Waals surface area contributed by atoms with Crippen molar-refractivity contribution in [1.82, 2.24) is 0 Å². The molecule has 110 valence electrons. The molecule has 4 nitrogen and oxygen atoms in total. The molecule has 0 bridgehead atoms. The van der Waals surface area contributed by atoms with Crippen molar-refractivity contribution >= 4 is 17.1 Å². The lowest BCUT2D eigenvalue weighted by atomic mass is 9.78. The van der Waals surface area contributed by atoms with E-state index in [0.717, 1.165) is 22.6 Å². The molecule has 0 saturated carbocycles. The van der Waals surface area contributed by atoms with Crippen molar-refractivity contribution < 1.29 is 9.72 Å². The monoisotopic (exact) mass is 285 g/mol. The second-order valence-electron chi connectivity index (χ2n) is 5.65. The minimum Gasteiger partial charge on any atom is -0.303 e. The molecule has 2 rings (SSSR count). The number of hydrogen-bond donors (Lipinski definition) is 0. The van der Waals surface area contributed by atoms with Gasteiger partial charge in [0, 0.05) is 10.8 Å². The molecule has 2 aromatic carbocycles. The molecule has 0 aliphatic rings. The molecular weight excluding hydrogens is 266 g/mol. The maximum atomic E-state index is 11.5. The minimum absolute atomic E-state index is 0.0615. The Balaban J connectivity index is 2.57. The van der Waals surface area contributed by atoms with Crippen molar-refractivity contribution in [2.75, 3.05) is 6.54 Å². The molecule has 2 atom stereocenters. The van der Waals surface area contributed by atoms with Crippen LogP contribution in [-0.4, -0.2) is 17.8 Å². The Hall–Kier alpha value is -2.23. The summed E-state index contributed by atoms with van der Waals surface area (Å²) in [5.41, 5.74) is 0.885. The number of carbonyl (C=O) groups is 1. The summed E-state index contributed by atoms with van der Waals surface area (Å²) in [5, 5.41) is 13.1. The first-order valence-electron chi connectivity index (χ1n) is 7.09. The van der Waals surface area contributed by atoms with E-state index in [0.29, 0.717) is 0 Å². The number of nitrogens with zero attached hydrogens (tertiary/aromatic N) is 1. The fourth-order valence-electron chi connectivity index (χ4n) is 2.88. The van der Waals surface area contributed by atoms with Gasteiger partial charge in [0.25, 0.3) is 0 Å². The SMILES string of the molecule is CC(C)[C@@H](C=O)[C@H](C[N+](=O)[O-])c1cccc2ccccc12. The molecule has 0 radical (unpaired) electrons. The Bertz CT molecular complexity index is 646. The fourth-order valence-corrected chi connectivity index (χ4v) is 2.88. The van der Waals surface area contributed by atoms with E-state index >= 15 is 0 Å². The van der Waals surface area contributed by atoms with E-state index in [2.05, 4.69) is 0 Å². The lowest BCUT2D eigenvalue weighted by Crippen LogP contribution is -2.26. The van der Waals surface area contributed by atoms with E-state index < -0.39 is 5.92 Å². The lowest BCUT2D eigenvalue weighted by Gasteiger charge is -2.24. The van der Waals surface area contributed by atoms with Crippen LogP contribution >= 0.6 is 0 Å². The van der Waals surface area contributed by atoms with Crippen LogP contribution in [0.1, 0.15) is 25.3 Å². The van der Waals surface area contributed by atoms with Gasteiger partial charge in [-0.25, -0.2) is 0 Å². The quantitative estimate of drug-likeness (QED) is 0.462. The first kappa shape index (κ1) is 15.2. The van der Waals surface area contributed by atoms with Crippen molar-refractivity contribution in [3.8, 4) is 0 Å².